The van der Waals surface area contributed by atoms with Crippen LogP contribution < -0.4 is 0 Å². The van der Waals surface area contributed by atoms with E-state index in [0.29, 0.717) is 10.8 Å². The van der Waals surface area contributed by atoms with Crippen LogP contribution in [0, 0.1) is 11.3 Å². The van der Waals surface area contributed by atoms with Crippen LogP contribution in [0.3, 0.4) is 0 Å². The number of benzene rings is 1. The summed E-state index contributed by atoms with van der Waals surface area (Å²) < 4.78 is 0. The largest absolute Gasteiger partial charge is 0.0622 e. The minimum Gasteiger partial charge on any atom is -0.0622 e. The number of fused-ring (bicyclic) bond motifs is 3. The summed E-state index contributed by atoms with van der Waals surface area (Å²) in [6.07, 6.45) is 11.5. The lowest BCUT2D eigenvalue weighted by molar-refractivity contribution is 0.142. The van der Waals surface area contributed by atoms with Crippen molar-refractivity contribution < 1.29 is 0 Å². The molecule has 2 fully saturated rings. The summed E-state index contributed by atoms with van der Waals surface area (Å²) in [6, 6.07) is 11.4. The third-order valence-corrected chi connectivity index (χ3v) is 6.37. The molecule has 0 aromatic heterocycles. The summed E-state index contributed by atoms with van der Waals surface area (Å²) in [5, 5.41) is 0. The van der Waals surface area contributed by atoms with E-state index in [1.807, 2.05) is 0 Å². The lowest BCUT2D eigenvalue weighted by Crippen LogP contribution is -2.26. The van der Waals surface area contributed by atoms with Crippen molar-refractivity contribution in [3.8, 4) is 0 Å². The van der Waals surface area contributed by atoms with E-state index in [2.05, 4.69) is 44.2 Å². The zero-order valence-electron chi connectivity index (χ0n) is 12.6. The first-order chi connectivity index (χ1) is 9.17. The summed E-state index contributed by atoms with van der Waals surface area (Å²) in [5.41, 5.74) is 2.79. The van der Waals surface area contributed by atoms with Crippen molar-refractivity contribution in [3.63, 3.8) is 0 Å². The Morgan fingerprint density at radius 2 is 1.42 bits per heavy atom. The van der Waals surface area contributed by atoms with Gasteiger partial charge in [-0.15, -0.1) is 0 Å². The van der Waals surface area contributed by atoms with Gasteiger partial charge in [-0.1, -0.05) is 57.0 Å². The molecule has 0 heterocycles. The molecule has 19 heavy (non-hydrogen) atoms. The van der Waals surface area contributed by atoms with Crippen LogP contribution in [-0.2, 0) is 5.41 Å². The van der Waals surface area contributed by atoms with E-state index in [9.17, 15) is 0 Å². The van der Waals surface area contributed by atoms with Gasteiger partial charge in [0.05, 0.1) is 0 Å². The molecule has 0 nitrogen and oxygen atoms in total. The molecular weight excluding hydrogens is 228 g/mol. The second-order valence-electron chi connectivity index (χ2n) is 7.37. The van der Waals surface area contributed by atoms with Gasteiger partial charge in [0.15, 0.2) is 0 Å². The van der Waals surface area contributed by atoms with E-state index >= 15 is 0 Å². The molecule has 1 aromatic carbocycles. The van der Waals surface area contributed by atoms with E-state index in [0.717, 1.165) is 5.92 Å². The average molecular weight is 256 g/mol. The monoisotopic (exact) mass is 256 g/mol. The van der Waals surface area contributed by atoms with Crippen molar-refractivity contribution in [2.45, 2.75) is 70.6 Å². The van der Waals surface area contributed by atoms with Gasteiger partial charge in [0.1, 0.15) is 0 Å². The van der Waals surface area contributed by atoms with Crippen LogP contribution in [-0.4, -0.2) is 0 Å². The second kappa shape index (κ2) is 4.96. The quantitative estimate of drug-likeness (QED) is 0.635. The predicted octanol–water partition coefficient (Wildman–Crippen LogP) is 5.71. The molecule has 2 aliphatic carbocycles. The zero-order valence-corrected chi connectivity index (χ0v) is 12.6. The standard InChI is InChI=1S/C19H28/c1-16(2)18-10-6-12-19(15-14-18,13-7-11-18)17-8-4-3-5-9-17/h3-5,8-9,16H,6-7,10-15H2,1-2H3. The van der Waals surface area contributed by atoms with Crippen molar-refractivity contribution in [1.82, 2.24) is 0 Å². The van der Waals surface area contributed by atoms with Crippen LogP contribution in [0.25, 0.3) is 0 Å². The SMILES string of the molecule is CC(C)C12CCCC(c3ccccc3)(CCC1)CC2. The van der Waals surface area contributed by atoms with Crippen LogP contribution in [0.2, 0.25) is 0 Å². The van der Waals surface area contributed by atoms with Crippen LogP contribution in [0.4, 0.5) is 0 Å². The Labute approximate surface area is 118 Å². The van der Waals surface area contributed by atoms with E-state index in [-0.39, 0.29) is 0 Å². The van der Waals surface area contributed by atoms with Crippen molar-refractivity contribution in [1.29, 1.82) is 0 Å². The molecule has 0 saturated heterocycles. The number of hydrogen-bond donors (Lipinski definition) is 0. The molecule has 0 aliphatic heterocycles. The predicted molar refractivity (Wildman–Crippen MR) is 82.3 cm³/mol. The summed E-state index contributed by atoms with van der Waals surface area (Å²) >= 11 is 0. The molecule has 0 unspecified atom stereocenters. The van der Waals surface area contributed by atoms with Gasteiger partial charge in [-0.05, 0) is 60.8 Å². The third-order valence-electron chi connectivity index (χ3n) is 6.37. The molecule has 0 heteroatoms. The smallest absolute Gasteiger partial charge is 0.00468 e. The molecule has 0 spiro atoms. The minimum atomic E-state index is 0.508. The summed E-state index contributed by atoms with van der Waals surface area (Å²) in [6.45, 7) is 4.92. The van der Waals surface area contributed by atoms with Gasteiger partial charge < -0.3 is 0 Å². The third kappa shape index (κ3) is 2.24. The molecule has 2 saturated carbocycles. The maximum absolute atomic E-state index is 2.46. The maximum atomic E-state index is 2.46. The van der Waals surface area contributed by atoms with Gasteiger partial charge in [0.2, 0.25) is 0 Å². The maximum Gasteiger partial charge on any atom is -0.00468 e. The van der Waals surface area contributed by atoms with Crippen LogP contribution in [0.5, 0.6) is 0 Å². The average Bonchev–Trinajstić information content (AvgIpc) is 2.71. The van der Waals surface area contributed by atoms with Crippen molar-refractivity contribution in [2.75, 3.05) is 0 Å². The summed E-state index contributed by atoms with van der Waals surface area (Å²) in [4.78, 5) is 0. The van der Waals surface area contributed by atoms with Crippen LogP contribution in [0.15, 0.2) is 30.3 Å². The van der Waals surface area contributed by atoms with Crippen LogP contribution >= 0.6 is 0 Å². The zero-order chi connectivity index (χ0) is 13.3. The van der Waals surface area contributed by atoms with Gasteiger partial charge >= 0.3 is 0 Å². The normalized spacial score (nSPS) is 35.1. The first-order valence-electron chi connectivity index (χ1n) is 8.23. The summed E-state index contributed by atoms with van der Waals surface area (Å²) in [5.74, 6) is 0.858. The highest BCUT2D eigenvalue weighted by Gasteiger charge is 2.44. The molecular formula is C19H28. The van der Waals surface area contributed by atoms with Gasteiger partial charge in [-0.3, -0.25) is 0 Å². The fraction of sp³-hybridized carbons (Fsp3) is 0.684. The first kappa shape index (κ1) is 13.2. The highest BCUT2D eigenvalue weighted by molar-refractivity contribution is 5.26. The van der Waals surface area contributed by atoms with Crippen molar-refractivity contribution in [2.24, 2.45) is 11.3 Å². The highest BCUT2D eigenvalue weighted by Crippen LogP contribution is 2.55. The fourth-order valence-electron chi connectivity index (χ4n) is 4.89. The van der Waals surface area contributed by atoms with Crippen molar-refractivity contribution >= 4 is 0 Å². The van der Waals surface area contributed by atoms with Crippen LogP contribution in [0.1, 0.15) is 70.8 Å². The first-order valence-corrected chi connectivity index (χ1v) is 8.23. The molecule has 0 amide bonds. The highest BCUT2D eigenvalue weighted by atomic mass is 14.5. The Balaban J connectivity index is 1.94. The number of rotatable bonds is 2. The molecule has 3 rings (SSSR count). The lowest BCUT2D eigenvalue weighted by Gasteiger charge is -2.37. The summed E-state index contributed by atoms with van der Waals surface area (Å²) in [7, 11) is 0. The Bertz CT molecular complexity index is 405. The Hall–Kier alpha value is -0.780. The molecule has 2 aliphatic rings. The van der Waals surface area contributed by atoms with Gasteiger partial charge in [0, 0.05) is 0 Å². The Morgan fingerprint density at radius 3 is 2.00 bits per heavy atom. The molecule has 0 atom stereocenters. The fourth-order valence-corrected chi connectivity index (χ4v) is 4.89. The van der Waals surface area contributed by atoms with Gasteiger partial charge in [0.25, 0.3) is 0 Å². The molecule has 1 aromatic rings. The minimum absolute atomic E-state index is 0.508. The molecule has 2 bridgehead atoms. The topological polar surface area (TPSA) is 0 Å². The van der Waals surface area contributed by atoms with Gasteiger partial charge in [-0.2, -0.15) is 0 Å². The number of hydrogen-bond acceptors (Lipinski definition) is 0. The Kier molecular flexibility index (Phi) is 3.45. The van der Waals surface area contributed by atoms with Crippen molar-refractivity contribution in [3.05, 3.63) is 35.9 Å². The Morgan fingerprint density at radius 1 is 0.789 bits per heavy atom. The van der Waals surface area contributed by atoms with E-state index in [1.165, 1.54) is 51.4 Å². The second-order valence-corrected chi connectivity index (χ2v) is 7.37. The van der Waals surface area contributed by atoms with E-state index < -0.39 is 0 Å². The lowest BCUT2D eigenvalue weighted by atomic mass is 9.69. The molecule has 104 valence electrons. The van der Waals surface area contributed by atoms with Gasteiger partial charge in [-0.25, -0.2) is 0 Å². The molecule has 0 N–H and O–H groups in total. The van der Waals surface area contributed by atoms with E-state index in [4.69, 9.17) is 0 Å². The molecule has 0 radical (unpaired) electrons. The van der Waals surface area contributed by atoms with E-state index in [1.54, 1.807) is 5.56 Å².